The first-order valence-electron chi connectivity index (χ1n) is 12.1. The van der Waals surface area contributed by atoms with Gasteiger partial charge in [0.15, 0.2) is 11.5 Å². The third kappa shape index (κ3) is 6.28. The van der Waals surface area contributed by atoms with E-state index in [2.05, 4.69) is 59.7 Å². The Morgan fingerprint density at radius 2 is 0.824 bits per heavy atom. The van der Waals surface area contributed by atoms with E-state index >= 15 is 0 Å². The number of rotatable bonds is 4. The molecule has 0 atom stereocenters. The van der Waals surface area contributed by atoms with Crippen LogP contribution >= 0.6 is 0 Å². The lowest BCUT2D eigenvalue weighted by Gasteiger charge is -2.31. The second-order valence-corrected chi connectivity index (χ2v) is 12.9. The lowest BCUT2D eigenvalue weighted by atomic mass is 9.97. The van der Waals surface area contributed by atoms with E-state index in [-0.39, 0.29) is 5.60 Å². The van der Waals surface area contributed by atoms with Crippen molar-refractivity contribution < 1.29 is 18.9 Å². The molecule has 0 heterocycles. The highest BCUT2D eigenvalue weighted by molar-refractivity contribution is 6.14. The van der Waals surface area contributed by atoms with Gasteiger partial charge >= 0.3 is 0 Å². The molecule has 0 bridgehead atoms. The van der Waals surface area contributed by atoms with Gasteiger partial charge in [0.2, 0.25) is 0 Å². The van der Waals surface area contributed by atoms with Crippen LogP contribution < -0.4 is 18.9 Å². The third-order valence-corrected chi connectivity index (χ3v) is 4.65. The van der Waals surface area contributed by atoms with Gasteiger partial charge < -0.3 is 18.9 Å². The molecule has 34 heavy (non-hydrogen) atoms. The Balaban J connectivity index is 2.57. The van der Waals surface area contributed by atoms with Crippen LogP contribution in [0.2, 0.25) is 0 Å². The number of benzene rings is 3. The van der Waals surface area contributed by atoms with Crippen molar-refractivity contribution in [1.29, 1.82) is 0 Å². The van der Waals surface area contributed by atoms with Crippen molar-refractivity contribution in [2.45, 2.75) is 105 Å². The van der Waals surface area contributed by atoms with Gasteiger partial charge in [-0.1, -0.05) is 24.3 Å². The summed E-state index contributed by atoms with van der Waals surface area (Å²) in [4.78, 5) is 0. The first-order chi connectivity index (χ1) is 15.3. The van der Waals surface area contributed by atoms with Crippen molar-refractivity contribution in [3.63, 3.8) is 0 Å². The van der Waals surface area contributed by atoms with Gasteiger partial charge in [-0.15, -0.1) is 0 Å². The molecule has 3 aromatic rings. The van der Waals surface area contributed by atoms with Crippen LogP contribution in [-0.2, 0) is 0 Å². The molecule has 0 spiro atoms. The summed E-state index contributed by atoms with van der Waals surface area (Å²) in [6, 6.07) is 12.3. The Morgan fingerprint density at radius 3 is 1.29 bits per heavy atom. The highest BCUT2D eigenvalue weighted by Gasteiger charge is 2.29. The van der Waals surface area contributed by atoms with Crippen molar-refractivity contribution in [1.82, 2.24) is 0 Å². The molecule has 0 amide bonds. The van der Waals surface area contributed by atoms with E-state index in [1.54, 1.807) is 0 Å². The molecule has 3 aromatic carbocycles. The minimum Gasteiger partial charge on any atom is -0.487 e. The Kier molecular flexibility index (Phi) is 6.54. The predicted molar refractivity (Wildman–Crippen MR) is 143 cm³/mol. The van der Waals surface area contributed by atoms with Crippen LogP contribution in [0.25, 0.3) is 21.5 Å². The summed E-state index contributed by atoms with van der Waals surface area (Å²) in [6.07, 6.45) is 0. The summed E-state index contributed by atoms with van der Waals surface area (Å²) in [5.74, 6) is 2.95. The lowest BCUT2D eigenvalue weighted by Crippen LogP contribution is -2.27. The van der Waals surface area contributed by atoms with Gasteiger partial charge in [-0.2, -0.15) is 0 Å². The summed E-state index contributed by atoms with van der Waals surface area (Å²) >= 11 is 0. The molecule has 0 N–H and O–H groups in total. The lowest BCUT2D eigenvalue weighted by molar-refractivity contribution is 0.0963. The monoisotopic (exact) mass is 466 g/mol. The van der Waals surface area contributed by atoms with Gasteiger partial charge in [-0.25, -0.2) is 0 Å². The molecule has 0 aliphatic heterocycles. The fourth-order valence-electron chi connectivity index (χ4n) is 3.78. The van der Waals surface area contributed by atoms with Crippen LogP contribution in [0.3, 0.4) is 0 Å². The average Bonchev–Trinajstić information content (AvgIpc) is 2.62. The molecular weight excluding hydrogens is 424 g/mol. The highest BCUT2D eigenvalue weighted by atomic mass is 16.5. The zero-order chi connectivity index (χ0) is 25.7. The van der Waals surface area contributed by atoms with Crippen molar-refractivity contribution in [3.8, 4) is 23.0 Å². The molecule has 0 fully saturated rings. The minimum absolute atomic E-state index is 0.381. The maximum atomic E-state index is 6.66. The Bertz CT molecular complexity index is 1180. The zero-order valence-electron chi connectivity index (χ0n) is 23.1. The molecule has 0 aliphatic carbocycles. The second kappa shape index (κ2) is 8.55. The van der Waals surface area contributed by atoms with E-state index in [1.807, 2.05) is 59.7 Å². The molecule has 0 saturated heterocycles. The van der Waals surface area contributed by atoms with E-state index in [4.69, 9.17) is 18.9 Å². The van der Waals surface area contributed by atoms with E-state index in [9.17, 15) is 0 Å². The first-order valence-corrected chi connectivity index (χ1v) is 12.1. The van der Waals surface area contributed by atoms with Gasteiger partial charge in [0.25, 0.3) is 0 Å². The summed E-state index contributed by atoms with van der Waals surface area (Å²) < 4.78 is 26.3. The Hall–Kier alpha value is -2.62. The van der Waals surface area contributed by atoms with Crippen LogP contribution in [0.5, 0.6) is 23.0 Å². The van der Waals surface area contributed by atoms with Crippen LogP contribution in [0, 0.1) is 0 Å². The smallest absolute Gasteiger partial charge is 0.173 e. The highest BCUT2D eigenvalue weighted by Crippen LogP contribution is 2.52. The summed E-state index contributed by atoms with van der Waals surface area (Å²) in [5, 5.41) is 3.80. The summed E-state index contributed by atoms with van der Waals surface area (Å²) in [5.41, 5.74) is -1.63. The maximum absolute atomic E-state index is 6.66. The standard InChI is InChI=1S/C30H42O4/c1-27(2,3)31-22-18-17-21-23(26(22)34-30(10,11)12)25(33-29(7,8)9)20-16-14-13-15-19(20)24(21)32-28(4,5)6/h13-18H,1-12H3. The Labute approximate surface area is 205 Å². The molecule has 3 rings (SSSR count). The van der Waals surface area contributed by atoms with Crippen LogP contribution in [0.4, 0.5) is 0 Å². The first kappa shape index (κ1) is 26.0. The minimum atomic E-state index is -0.444. The molecule has 186 valence electrons. The van der Waals surface area contributed by atoms with Crippen LogP contribution in [0.15, 0.2) is 36.4 Å². The van der Waals surface area contributed by atoms with Crippen LogP contribution in [0.1, 0.15) is 83.1 Å². The molecule has 0 aliphatic rings. The fourth-order valence-corrected chi connectivity index (χ4v) is 3.78. The van der Waals surface area contributed by atoms with E-state index in [0.717, 1.165) is 33.0 Å². The molecule has 4 nitrogen and oxygen atoms in total. The van der Waals surface area contributed by atoms with Crippen molar-refractivity contribution >= 4 is 21.5 Å². The predicted octanol–water partition coefficient (Wildman–Crippen LogP) is 8.70. The zero-order valence-corrected chi connectivity index (χ0v) is 23.1. The summed E-state index contributed by atoms with van der Waals surface area (Å²) in [6.45, 7) is 24.6. The Morgan fingerprint density at radius 1 is 0.412 bits per heavy atom. The number of fused-ring (bicyclic) bond motifs is 2. The fraction of sp³-hybridized carbons (Fsp3) is 0.533. The number of hydrogen-bond acceptors (Lipinski definition) is 4. The van der Waals surface area contributed by atoms with Gasteiger partial charge in [0.1, 0.15) is 33.9 Å². The SMILES string of the molecule is CC(C)(C)Oc1ccc2c(OC(C)(C)C)c3ccccc3c(OC(C)(C)C)c2c1OC(C)(C)C. The summed E-state index contributed by atoms with van der Waals surface area (Å²) in [7, 11) is 0. The molecule has 0 saturated carbocycles. The average molecular weight is 467 g/mol. The van der Waals surface area contributed by atoms with Crippen molar-refractivity contribution in [2.75, 3.05) is 0 Å². The second-order valence-electron chi connectivity index (χ2n) is 12.9. The third-order valence-electron chi connectivity index (χ3n) is 4.65. The largest absolute Gasteiger partial charge is 0.487 e. The van der Waals surface area contributed by atoms with Gasteiger partial charge in [-0.05, 0) is 95.2 Å². The van der Waals surface area contributed by atoms with Gasteiger partial charge in [-0.3, -0.25) is 0 Å². The number of hydrogen-bond donors (Lipinski definition) is 0. The van der Waals surface area contributed by atoms with E-state index in [0.29, 0.717) is 11.5 Å². The molecule has 0 radical (unpaired) electrons. The van der Waals surface area contributed by atoms with Gasteiger partial charge in [0, 0.05) is 16.2 Å². The van der Waals surface area contributed by atoms with E-state index in [1.165, 1.54) is 0 Å². The molecule has 0 aromatic heterocycles. The quantitative estimate of drug-likeness (QED) is 0.360. The van der Waals surface area contributed by atoms with Crippen molar-refractivity contribution in [3.05, 3.63) is 36.4 Å². The van der Waals surface area contributed by atoms with E-state index < -0.39 is 16.8 Å². The van der Waals surface area contributed by atoms with Crippen molar-refractivity contribution in [2.24, 2.45) is 0 Å². The molecular formula is C30H42O4. The normalized spacial score (nSPS) is 13.3. The maximum Gasteiger partial charge on any atom is 0.173 e. The molecule has 4 heteroatoms. The molecule has 0 unspecified atom stereocenters. The van der Waals surface area contributed by atoms with Crippen LogP contribution in [-0.4, -0.2) is 22.4 Å². The topological polar surface area (TPSA) is 36.9 Å². The van der Waals surface area contributed by atoms with Gasteiger partial charge in [0.05, 0.1) is 5.39 Å². The number of ether oxygens (including phenoxy) is 4.